The number of aromatic hydroxyl groups is 1. The third-order valence-electron chi connectivity index (χ3n) is 3.57. The average Bonchev–Trinajstić information content (AvgIpc) is 2.98. The number of rotatable bonds is 5. The minimum Gasteiger partial charge on any atom is -0.504 e. The molecule has 0 atom stereocenters. The molecule has 26 heavy (non-hydrogen) atoms. The second-order valence-electron chi connectivity index (χ2n) is 5.31. The summed E-state index contributed by atoms with van der Waals surface area (Å²) in [4.78, 5) is 17.0. The molecule has 2 N–H and O–H groups in total. The molecule has 0 aromatic heterocycles. The molecule has 1 fully saturated rings. The van der Waals surface area contributed by atoms with Gasteiger partial charge in [-0.2, -0.15) is 0 Å². The first-order chi connectivity index (χ1) is 12.6. The van der Waals surface area contributed by atoms with Gasteiger partial charge in [-0.1, -0.05) is 12.1 Å². The van der Waals surface area contributed by atoms with E-state index in [4.69, 9.17) is 9.47 Å². The summed E-state index contributed by atoms with van der Waals surface area (Å²) in [5, 5.41) is 13.5. The number of nitrogens with zero attached hydrogens (tertiary/aromatic N) is 1. The van der Waals surface area contributed by atoms with E-state index in [9.17, 15) is 9.90 Å². The molecule has 0 bridgehead atoms. The quantitative estimate of drug-likeness (QED) is 0.785. The number of benzene rings is 2. The van der Waals surface area contributed by atoms with Crippen molar-refractivity contribution in [3.05, 3.63) is 52.9 Å². The number of para-hydroxylation sites is 1. The summed E-state index contributed by atoms with van der Waals surface area (Å²) >= 11 is 1.21. The van der Waals surface area contributed by atoms with E-state index in [1.54, 1.807) is 55.7 Å². The maximum atomic E-state index is 12.2. The summed E-state index contributed by atoms with van der Waals surface area (Å²) in [6, 6.07) is 12.4. The first-order valence-corrected chi connectivity index (χ1v) is 8.80. The largest absolute Gasteiger partial charge is 0.504 e. The Hall–Kier alpha value is -2.93. The van der Waals surface area contributed by atoms with Crippen LogP contribution in [0.3, 0.4) is 0 Å². The molecule has 1 saturated heterocycles. The zero-order valence-corrected chi connectivity index (χ0v) is 15.2. The van der Waals surface area contributed by atoms with Crippen molar-refractivity contribution in [2.24, 2.45) is 4.99 Å². The molecule has 0 radical (unpaired) electrons. The van der Waals surface area contributed by atoms with Crippen molar-refractivity contribution in [1.82, 2.24) is 5.32 Å². The molecule has 1 aliphatic heterocycles. The molecule has 7 heteroatoms. The van der Waals surface area contributed by atoms with Gasteiger partial charge in [-0.25, -0.2) is 4.99 Å². The van der Waals surface area contributed by atoms with Crippen LogP contribution in [0.25, 0.3) is 6.08 Å². The van der Waals surface area contributed by atoms with Crippen LogP contribution >= 0.6 is 11.8 Å². The van der Waals surface area contributed by atoms with E-state index in [1.807, 2.05) is 6.92 Å². The third-order valence-corrected chi connectivity index (χ3v) is 4.48. The number of phenolic OH excluding ortho intramolecular Hbond substituents is 1. The lowest BCUT2D eigenvalue weighted by Crippen LogP contribution is -2.19. The molecule has 1 aliphatic rings. The fourth-order valence-electron chi connectivity index (χ4n) is 2.32. The Bertz CT molecular complexity index is 876. The number of thioether (sulfide) groups is 1. The molecule has 1 amide bonds. The number of hydrogen-bond donors (Lipinski definition) is 2. The number of hydrogen-bond acceptors (Lipinski definition) is 6. The number of ether oxygens (including phenoxy) is 2. The summed E-state index contributed by atoms with van der Waals surface area (Å²) in [6.45, 7) is 2.29. The Labute approximate surface area is 155 Å². The van der Waals surface area contributed by atoms with Crippen LogP contribution in [0.1, 0.15) is 12.5 Å². The minimum absolute atomic E-state index is 0.00999. The molecule has 0 spiro atoms. The number of carbonyl (C=O) groups excluding carboxylic acids is 1. The number of amidine groups is 1. The second kappa shape index (κ2) is 7.97. The molecular weight excluding hydrogens is 352 g/mol. The number of methoxy groups -OCH3 is 1. The molecular formula is C19H18N2O4S. The first kappa shape index (κ1) is 17.9. The Kier molecular flexibility index (Phi) is 5.48. The Morgan fingerprint density at radius 1 is 1.23 bits per heavy atom. The maximum absolute atomic E-state index is 12.2. The zero-order chi connectivity index (χ0) is 18.5. The van der Waals surface area contributed by atoms with Crippen LogP contribution in [0.2, 0.25) is 0 Å². The number of aliphatic imine (C=N–C) groups is 1. The number of nitrogens with one attached hydrogen (secondary N) is 1. The molecule has 2 aromatic carbocycles. The Morgan fingerprint density at radius 3 is 2.69 bits per heavy atom. The summed E-state index contributed by atoms with van der Waals surface area (Å²) in [7, 11) is 1.60. The van der Waals surface area contributed by atoms with Crippen LogP contribution in [0, 0.1) is 0 Å². The van der Waals surface area contributed by atoms with Crippen LogP contribution in [0.4, 0.5) is 5.69 Å². The van der Waals surface area contributed by atoms with Gasteiger partial charge in [-0.05, 0) is 55.1 Å². The van der Waals surface area contributed by atoms with E-state index in [1.165, 1.54) is 11.8 Å². The molecule has 3 rings (SSSR count). The smallest absolute Gasteiger partial charge is 0.264 e. The molecule has 1 heterocycles. The van der Waals surface area contributed by atoms with Crippen molar-refractivity contribution >= 4 is 34.6 Å². The predicted molar refractivity (Wildman–Crippen MR) is 103 cm³/mol. The molecule has 0 saturated carbocycles. The molecule has 0 unspecified atom stereocenters. The van der Waals surface area contributed by atoms with E-state index in [2.05, 4.69) is 10.3 Å². The number of carbonyl (C=O) groups is 1. The highest BCUT2D eigenvalue weighted by Crippen LogP contribution is 2.34. The number of amides is 1. The molecule has 134 valence electrons. The fourth-order valence-corrected chi connectivity index (χ4v) is 3.16. The topological polar surface area (TPSA) is 80.2 Å². The molecule has 6 nitrogen and oxygen atoms in total. The third kappa shape index (κ3) is 4.00. The summed E-state index contributed by atoms with van der Waals surface area (Å²) in [6.07, 6.45) is 1.62. The maximum Gasteiger partial charge on any atom is 0.264 e. The molecule has 2 aromatic rings. The monoisotopic (exact) mass is 370 g/mol. The zero-order valence-electron chi connectivity index (χ0n) is 14.4. The first-order valence-electron chi connectivity index (χ1n) is 7.99. The standard InChI is InChI=1S/C19H18N2O4S/c1-3-25-15-6-4-5-12(17(15)22)11-16-18(23)21-19(26-16)20-13-7-9-14(24-2)10-8-13/h4-11,22H,3H2,1-2H3,(H,20,21,23)/b16-11+. The minimum atomic E-state index is -0.261. The van der Waals surface area contributed by atoms with Gasteiger partial charge in [0.05, 0.1) is 24.3 Å². The van der Waals surface area contributed by atoms with Gasteiger partial charge >= 0.3 is 0 Å². The highest BCUT2D eigenvalue weighted by molar-refractivity contribution is 8.18. The lowest BCUT2D eigenvalue weighted by Gasteiger charge is -2.07. The predicted octanol–water partition coefficient (Wildman–Crippen LogP) is 3.69. The normalized spacial score (nSPS) is 16.8. The van der Waals surface area contributed by atoms with Crippen LogP contribution < -0.4 is 14.8 Å². The Balaban J connectivity index is 1.82. The lowest BCUT2D eigenvalue weighted by molar-refractivity contribution is -0.115. The van der Waals surface area contributed by atoms with Crippen molar-refractivity contribution in [2.45, 2.75) is 6.92 Å². The van der Waals surface area contributed by atoms with Crippen LogP contribution in [0.5, 0.6) is 17.2 Å². The van der Waals surface area contributed by atoms with Gasteiger partial charge in [-0.15, -0.1) is 0 Å². The highest BCUT2D eigenvalue weighted by Gasteiger charge is 2.24. The van der Waals surface area contributed by atoms with Crippen LogP contribution in [0.15, 0.2) is 52.4 Å². The van der Waals surface area contributed by atoms with Crippen LogP contribution in [-0.2, 0) is 4.79 Å². The van der Waals surface area contributed by atoms with Crippen molar-refractivity contribution in [2.75, 3.05) is 13.7 Å². The van der Waals surface area contributed by atoms with Crippen LogP contribution in [-0.4, -0.2) is 29.9 Å². The van der Waals surface area contributed by atoms with Gasteiger partial charge in [0.1, 0.15) is 5.75 Å². The van der Waals surface area contributed by atoms with E-state index in [0.717, 1.165) is 5.75 Å². The van der Waals surface area contributed by atoms with Crippen molar-refractivity contribution in [1.29, 1.82) is 0 Å². The molecule has 0 aliphatic carbocycles. The van der Waals surface area contributed by atoms with Gasteiger partial charge in [0.15, 0.2) is 16.7 Å². The van der Waals surface area contributed by atoms with E-state index in [-0.39, 0.29) is 11.7 Å². The van der Waals surface area contributed by atoms with Gasteiger partial charge in [-0.3, -0.25) is 4.79 Å². The summed E-state index contributed by atoms with van der Waals surface area (Å²) in [5.41, 5.74) is 1.22. The highest BCUT2D eigenvalue weighted by atomic mass is 32.2. The second-order valence-corrected chi connectivity index (χ2v) is 6.34. The average molecular weight is 370 g/mol. The van der Waals surface area contributed by atoms with Gasteiger partial charge in [0, 0.05) is 5.56 Å². The summed E-state index contributed by atoms with van der Waals surface area (Å²) in [5.74, 6) is 0.874. The van der Waals surface area contributed by atoms with Gasteiger partial charge in [0.25, 0.3) is 5.91 Å². The SMILES string of the molecule is CCOc1cccc(/C=C2/SC(=Nc3ccc(OC)cc3)NC2=O)c1O. The van der Waals surface area contributed by atoms with Gasteiger partial charge in [0.2, 0.25) is 0 Å². The fraction of sp³-hybridized carbons (Fsp3) is 0.158. The van der Waals surface area contributed by atoms with E-state index >= 15 is 0 Å². The number of phenols is 1. The van der Waals surface area contributed by atoms with Crippen molar-refractivity contribution in [3.63, 3.8) is 0 Å². The van der Waals surface area contributed by atoms with Crippen molar-refractivity contribution < 1.29 is 19.4 Å². The lowest BCUT2D eigenvalue weighted by atomic mass is 10.1. The Morgan fingerprint density at radius 2 is 2.00 bits per heavy atom. The summed E-state index contributed by atoms with van der Waals surface area (Å²) < 4.78 is 10.5. The van der Waals surface area contributed by atoms with Crippen molar-refractivity contribution in [3.8, 4) is 17.2 Å². The van der Waals surface area contributed by atoms with E-state index in [0.29, 0.717) is 33.7 Å². The van der Waals surface area contributed by atoms with E-state index < -0.39 is 0 Å². The van der Waals surface area contributed by atoms with Gasteiger partial charge < -0.3 is 19.9 Å².